The minimum atomic E-state index is -0.423. The Labute approximate surface area is 99.9 Å². The molecule has 2 aliphatic rings. The van der Waals surface area contributed by atoms with Crippen LogP contribution >= 0.6 is 0 Å². The van der Waals surface area contributed by atoms with Crippen LogP contribution in [0, 0.1) is 23.7 Å². The van der Waals surface area contributed by atoms with Crippen LogP contribution in [0.15, 0.2) is 11.6 Å². The molecule has 0 radical (unpaired) electrons. The molecule has 0 aromatic rings. The molecule has 0 spiro atoms. The van der Waals surface area contributed by atoms with Crippen LogP contribution in [0.5, 0.6) is 0 Å². The van der Waals surface area contributed by atoms with Crippen LogP contribution in [0.25, 0.3) is 0 Å². The molecule has 92 valence electrons. The maximum absolute atomic E-state index is 10.5. The van der Waals surface area contributed by atoms with E-state index >= 15 is 0 Å². The summed E-state index contributed by atoms with van der Waals surface area (Å²) in [4.78, 5) is 0. The number of aliphatic hydroxyl groups is 1. The van der Waals surface area contributed by atoms with Crippen molar-refractivity contribution in [1.29, 1.82) is 0 Å². The lowest BCUT2D eigenvalue weighted by Crippen LogP contribution is -2.48. The Bertz CT molecular complexity index is 288. The first-order chi connectivity index (χ1) is 7.42. The van der Waals surface area contributed by atoms with Crippen molar-refractivity contribution in [3.8, 4) is 0 Å². The van der Waals surface area contributed by atoms with Crippen LogP contribution in [0.4, 0.5) is 0 Å². The maximum atomic E-state index is 10.5. The molecule has 0 saturated heterocycles. The van der Waals surface area contributed by atoms with Gasteiger partial charge in [-0.05, 0) is 63.2 Å². The van der Waals surface area contributed by atoms with Crippen molar-refractivity contribution in [2.45, 2.75) is 59.0 Å². The summed E-state index contributed by atoms with van der Waals surface area (Å²) >= 11 is 0. The maximum Gasteiger partial charge on any atom is 0.0653 e. The van der Waals surface area contributed by atoms with Gasteiger partial charge in [-0.15, -0.1) is 0 Å². The van der Waals surface area contributed by atoms with Crippen LogP contribution in [-0.4, -0.2) is 10.7 Å². The zero-order valence-corrected chi connectivity index (χ0v) is 11.2. The second-order valence-corrected chi connectivity index (χ2v) is 6.54. The fraction of sp³-hybridized carbons (Fsp3) is 0.867. The standard InChI is InChI=1S/C15H26O/c1-10(2)12-7-8-15(4,16)14-6-5-11(3)9-13(12)14/h9-10,12-14,16H,5-8H2,1-4H3/t12-,13?,14?,15?/m0/s1. The molecule has 0 amide bonds. The van der Waals surface area contributed by atoms with Crippen molar-refractivity contribution in [3.05, 3.63) is 11.6 Å². The monoisotopic (exact) mass is 222 g/mol. The molecule has 0 aromatic heterocycles. The summed E-state index contributed by atoms with van der Waals surface area (Å²) in [7, 11) is 0. The molecule has 0 heterocycles. The Kier molecular flexibility index (Phi) is 3.18. The first-order valence-corrected chi connectivity index (χ1v) is 6.81. The predicted molar refractivity (Wildman–Crippen MR) is 68.2 cm³/mol. The molecule has 4 atom stereocenters. The molecule has 1 saturated carbocycles. The third-order valence-corrected chi connectivity index (χ3v) is 4.92. The van der Waals surface area contributed by atoms with Crippen molar-refractivity contribution in [1.82, 2.24) is 0 Å². The quantitative estimate of drug-likeness (QED) is 0.669. The van der Waals surface area contributed by atoms with Crippen molar-refractivity contribution in [2.75, 3.05) is 0 Å². The first-order valence-electron chi connectivity index (χ1n) is 6.81. The summed E-state index contributed by atoms with van der Waals surface area (Å²) in [6.45, 7) is 8.96. The summed E-state index contributed by atoms with van der Waals surface area (Å²) in [5.74, 6) is 2.64. The highest BCUT2D eigenvalue weighted by atomic mass is 16.3. The molecule has 1 nitrogen and oxygen atoms in total. The van der Waals surface area contributed by atoms with Gasteiger partial charge in [-0.3, -0.25) is 0 Å². The van der Waals surface area contributed by atoms with Crippen LogP contribution in [0.3, 0.4) is 0 Å². The average Bonchev–Trinajstić information content (AvgIpc) is 2.16. The van der Waals surface area contributed by atoms with Gasteiger partial charge >= 0.3 is 0 Å². The van der Waals surface area contributed by atoms with E-state index in [9.17, 15) is 5.11 Å². The smallest absolute Gasteiger partial charge is 0.0653 e. The number of hydrogen-bond acceptors (Lipinski definition) is 1. The van der Waals surface area contributed by atoms with E-state index in [1.807, 2.05) is 0 Å². The van der Waals surface area contributed by atoms with Gasteiger partial charge in [0, 0.05) is 0 Å². The molecule has 1 fully saturated rings. The predicted octanol–water partition coefficient (Wildman–Crippen LogP) is 3.78. The summed E-state index contributed by atoms with van der Waals surface area (Å²) in [6, 6.07) is 0. The molecule has 0 aliphatic heterocycles. The molecule has 0 aromatic carbocycles. The number of allylic oxidation sites excluding steroid dienone is 2. The minimum Gasteiger partial charge on any atom is -0.390 e. The SMILES string of the molecule is CC1=CC2C(CC1)C(C)(O)CC[C@H]2C(C)C. The summed E-state index contributed by atoms with van der Waals surface area (Å²) in [5.41, 5.74) is 1.11. The molecule has 0 bridgehead atoms. The van der Waals surface area contributed by atoms with E-state index in [0.29, 0.717) is 11.8 Å². The molecule has 2 rings (SSSR count). The van der Waals surface area contributed by atoms with E-state index in [1.165, 1.54) is 24.8 Å². The first kappa shape index (κ1) is 12.2. The molecule has 16 heavy (non-hydrogen) atoms. The zero-order chi connectivity index (χ0) is 11.9. The van der Waals surface area contributed by atoms with Crippen molar-refractivity contribution in [3.63, 3.8) is 0 Å². The van der Waals surface area contributed by atoms with Crippen molar-refractivity contribution < 1.29 is 5.11 Å². The molecule has 2 aliphatic carbocycles. The molecular weight excluding hydrogens is 196 g/mol. The topological polar surface area (TPSA) is 20.2 Å². The lowest BCUT2D eigenvalue weighted by atomic mass is 9.58. The highest BCUT2D eigenvalue weighted by Gasteiger charge is 2.46. The Balaban J connectivity index is 2.27. The second-order valence-electron chi connectivity index (χ2n) is 6.54. The summed E-state index contributed by atoms with van der Waals surface area (Å²) < 4.78 is 0. The van der Waals surface area contributed by atoms with E-state index in [2.05, 4.69) is 33.8 Å². The molecule has 1 heteroatoms. The van der Waals surface area contributed by atoms with E-state index in [1.54, 1.807) is 0 Å². The highest BCUT2D eigenvalue weighted by molar-refractivity contribution is 5.13. The number of rotatable bonds is 1. The third-order valence-electron chi connectivity index (χ3n) is 4.92. The van der Waals surface area contributed by atoms with Gasteiger partial charge in [0.15, 0.2) is 0 Å². The fourth-order valence-electron chi connectivity index (χ4n) is 3.87. The zero-order valence-electron chi connectivity index (χ0n) is 11.2. The molecular formula is C15H26O. The Hall–Kier alpha value is -0.300. The second kappa shape index (κ2) is 4.18. The van der Waals surface area contributed by atoms with Crippen LogP contribution < -0.4 is 0 Å². The van der Waals surface area contributed by atoms with Gasteiger partial charge in [0.25, 0.3) is 0 Å². The number of hydrogen-bond donors (Lipinski definition) is 1. The van der Waals surface area contributed by atoms with E-state index in [4.69, 9.17) is 0 Å². The normalized spacial score (nSPS) is 44.1. The van der Waals surface area contributed by atoms with Crippen molar-refractivity contribution in [2.24, 2.45) is 23.7 Å². The largest absolute Gasteiger partial charge is 0.390 e. The Morgan fingerprint density at radius 1 is 1.38 bits per heavy atom. The van der Waals surface area contributed by atoms with Gasteiger partial charge in [0.2, 0.25) is 0 Å². The average molecular weight is 222 g/mol. The highest BCUT2D eigenvalue weighted by Crippen LogP contribution is 2.49. The van der Waals surface area contributed by atoms with Gasteiger partial charge in [0.1, 0.15) is 0 Å². The van der Waals surface area contributed by atoms with Gasteiger partial charge in [-0.1, -0.05) is 25.5 Å². The number of fused-ring (bicyclic) bond motifs is 1. The Morgan fingerprint density at radius 3 is 2.69 bits per heavy atom. The van der Waals surface area contributed by atoms with Crippen LogP contribution in [0.2, 0.25) is 0 Å². The molecule has 3 unspecified atom stereocenters. The Morgan fingerprint density at radius 2 is 2.06 bits per heavy atom. The summed E-state index contributed by atoms with van der Waals surface area (Å²) in [5, 5.41) is 10.5. The van der Waals surface area contributed by atoms with Crippen LogP contribution in [-0.2, 0) is 0 Å². The van der Waals surface area contributed by atoms with Crippen LogP contribution in [0.1, 0.15) is 53.4 Å². The summed E-state index contributed by atoms with van der Waals surface area (Å²) in [6.07, 6.45) is 7.01. The van der Waals surface area contributed by atoms with E-state index in [0.717, 1.165) is 18.3 Å². The van der Waals surface area contributed by atoms with Gasteiger partial charge < -0.3 is 5.11 Å². The molecule has 1 N–H and O–H groups in total. The lowest BCUT2D eigenvalue weighted by molar-refractivity contribution is -0.0807. The fourth-order valence-corrected chi connectivity index (χ4v) is 3.87. The van der Waals surface area contributed by atoms with Gasteiger partial charge in [-0.2, -0.15) is 0 Å². The van der Waals surface area contributed by atoms with E-state index < -0.39 is 5.60 Å². The minimum absolute atomic E-state index is 0.423. The third kappa shape index (κ3) is 2.07. The van der Waals surface area contributed by atoms with Gasteiger partial charge in [0.05, 0.1) is 5.60 Å². The van der Waals surface area contributed by atoms with Gasteiger partial charge in [-0.25, -0.2) is 0 Å². The lowest BCUT2D eigenvalue weighted by Gasteiger charge is -2.49. The van der Waals surface area contributed by atoms with Crippen molar-refractivity contribution >= 4 is 0 Å². The van der Waals surface area contributed by atoms with E-state index in [-0.39, 0.29) is 0 Å².